The molecule has 0 radical (unpaired) electrons. The first kappa shape index (κ1) is 16.3. The van der Waals surface area contributed by atoms with Crippen molar-refractivity contribution in [1.82, 2.24) is 19.5 Å². The van der Waals surface area contributed by atoms with Gasteiger partial charge in [0.2, 0.25) is 5.95 Å². The van der Waals surface area contributed by atoms with Crippen LogP contribution in [0, 0.1) is 0 Å². The number of anilines is 1. The highest BCUT2D eigenvalue weighted by Gasteiger charge is 2.20. The van der Waals surface area contributed by atoms with E-state index in [1.54, 1.807) is 10.8 Å². The first-order valence-corrected chi connectivity index (χ1v) is 8.72. The highest BCUT2D eigenvalue weighted by atomic mass is 79.9. The predicted molar refractivity (Wildman–Crippen MR) is 93.5 cm³/mol. The van der Waals surface area contributed by atoms with Gasteiger partial charge in [0, 0.05) is 18.1 Å². The summed E-state index contributed by atoms with van der Waals surface area (Å²) in [5, 5.41) is 3.36. The third kappa shape index (κ3) is 3.37. The normalized spacial score (nSPS) is 21.8. The van der Waals surface area contributed by atoms with Crippen molar-refractivity contribution < 1.29 is 0 Å². The first-order chi connectivity index (χ1) is 11.0. The van der Waals surface area contributed by atoms with Crippen molar-refractivity contribution in [2.45, 2.75) is 57.7 Å². The molecule has 1 fully saturated rings. The second kappa shape index (κ2) is 6.52. The van der Waals surface area contributed by atoms with Crippen molar-refractivity contribution in [3.05, 3.63) is 21.2 Å². The van der Waals surface area contributed by atoms with Crippen molar-refractivity contribution in [3.63, 3.8) is 0 Å². The van der Waals surface area contributed by atoms with Crippen LogP contribution in [0.3, 0.4) is 0 Å². The quantitative estimate of drug-likeness (QED) is 0.846. The third-order valence-electron chi connectivity index (χ3n) is 4.21. The fourth-order valence-electron chi connectivity index (χ4n) is 2.97. The number of aromatic nitrogens is 4. The molecule has 0 amide bonds. The average Bonchev–Trinajstić information content (AvgIpc) is 2.51. The molecule has 0 aromatic carbocycles. The largest absolute Gasteiger partial charge is 0.351 e. The maximum Gasteiger partial charge on any atom is 0.285 e. The molecule has 8 heteroatoms. The second-order valence-electron chi connectivity index (χ2n) is 6.33. The van der Waals surface area contributed by atoms with Crippen LogP contribution in [0.1, 0.15) is 45.6 Å². The lowest BCUT2D eigenvalue weighted by Gasteiger charge is -2.26. The Morgan fingerprint density at radius 3 is 2.65 bits per heavy atom. The van der Waals surface area contributed by atoms with Gasteiger partial charge in [-0.2, -0.15) is 4.98 Å². The molecule has 0 aliphatic heterocycles. The Hall–Kier alpha value is -1.54. The minimum Gasteiger partial charge on any atom is -0.351 e. The van der Waals surface area contributed by atoms with E-state index in [1.165, 1.54) is 0 Å². The van der Waals surface area contributed by atoms with Gasteiger partial charge in [-0.05, 0) is 55.5 Å². The van der Waals surface area contributed by atoms with Crippen LogP contribution < -0.4 is 16.6 Å². The van der Waals surface area contributed by atoms with Crippen molar-refractivity contribution >= 4 is 33.0 Å². The van der Waals surface area contributed by atoms with Gasteiger partial charge in [0.1, 0.15) is 5.52 Å². The third-order valence-corrected chi connectivity index (χ3v) is 4.73. The fraction of sp³-hybridized carbons (Fsp3) is 0.600. The van der Waals surface area contributed by atoms with Crippen molar-refractivity contribution in [1.29, 1.82) is 0 Å². The molecule has 124 valence electrons. The second-order valence-corrected chi connectivity index (χ2v) is 7.08. The summed E-state index contributed by atoms with van der Waals surface area (Å²) in [5.41, 5.74) is 6.91. The van der Waals surface area contributed by atoms with Gasteiger partial charge in [-0.15, -0.1) is 0 Å². The fourth-order valence-corrected chi connectivity index (χ4v) is 3.35. The highest BCUT2D eigenvalue weighted by molar-refractivity contribution is 9.10. The van der Waals surface area contributed by atoms with Gasteiger partial charge in [0.15, 0.2) is 10.3 Å². The summed E-state index contributed by atoms with van der Waals surface area (Å²) < 4.78 is 1.92. The lowest BCUT2D eigenvalue weighted by atomic mass is 9.92. The molecular formula is C15H21BrN6O. The summed E-state index contributed by atoms with van der Waals surface area (Å²) in [6.07, 6.45) is 5.70. The molecule has 1 saturated carbocycles. The Bertz CT molecular complexity index is 766. The smallest absolute Gasteiger partial charge is 0.285 e. The molecule has 0 unspecified atom stereocenters. The van der Waals surface area contributed by atoms with Gasteiger partial charge in [0.05, 0.1) is 6.20 Å². The molecule has 2 heterocycles. The van der Waals surface area contributed by atoms with Crippen molar-refractivity contribution in [3.8, 4) is 0 Å². The highest BCUT2D eigenvalue weighted by Crippen LogP contribution is 2.21. The van der Waals surface area contributed by atoms with Crippen LogP contribution in [-0.4, -0.2) is 31.6 Å². The SMILES string of the molecule is CC(C)n1c(=O)c(Br)nc2cnc(N[C@H]3CC[C@H](N)CC3)nc21. The molecule has 23 heavy (non-hydrogen) atoms. The molecule has 1 aliphatic rings. The van der Waals surface area contributed by atoms with Gasteiger partial charge < -0.3 is 11.1 Å². The van der Waals surface area contributed by atoms with Crippen LogP contribution in [0.4, 0.5) is 5.95 Å². The van der Waals surface area contributed by atoms with E-state index in [1.807, 2.05) is 13.8 Å². The number of nitrogens with zero attached hydrogens (tertiary/aromatic N) is 4. The predicted octanol–water partition coefficient (Wildman–Crippen LogP) is 2.21. The topological polar surface area (TPSA) is 98.7 Å². The summed E-state index contributed by atoms with van der Waals surface area (Å²) in [6.45, 7) is 3.90. The molecule has 3 N–H and O–H groups in total. The molecule has 3 rings (SSSR count). The zero-order valence-electron chi connectivity index (χ0n) is 13.3. The summed E-state index contributed by atoms with van der Waals surface area (Å²) >= 11 is 3.21. The average molecular weight is 381 g/mol. The number of hydrogen-bond donors (Lipinski definition) is 2. The van der Waals surface area contributed by atoms with Crippen molar-refractivity contribution in [2.24, 2.45) is 5.73 Å². The van der Waals surface area contributed by atoms with E-state index in [2.05, 4.69) is 36.2 Å². The summed E-state index contributed by atoms with van der Waals surface area (Å²) in [4.78, 5) is 25.4. The van der Waals surface area contributed by atoms with E-state index in [4.69, 9.17) is 5.73 Å². The Morgan fingerprint density at radius 2 is 2.00 bits per heavy atom. The van der Waals surface area contributed by atoms with Crippen LogP contribution in [-0.2, 0) is 0 Å². The van der Waals surface area contributed by atoms with E-state index in [-0.39, 0.29) is 16.2 Å². The molecule has 7 nitrogen and oxygen atoms in total. The molecule has 0 atom stereocenters. The molecule has 1 aliphatic carbocycles. The summed E-state index contributed by atoms with van der Waals surface area (Å²) in [7, 11) is 0. The number of fused-ring (bicyclic) bond motifs is 1. The van der Waals surface area contributed by atoms with Gasteiger partial charge in [-0.1, -0.05) is 0 Å². The lowest BCUT2D eigenvalue weighted by Crippen LogP contribution is -2.33. The zero-order chi connectivity index (χ0) is 16.6. The standard InChI is InChI=1S/C15H21BrN6O/c1-8(2)22-13-11(20-12(16)14(22)23)7-18-15(21-13)19-10-5-3-9(17)4-6-10/h7-10H,3-6,17H2,1-2H3,(H,18,19,21)/t9-,10-. The Kier molecular flexibility index (Phi) is 4.63. The van der Waals surface area contributed by atoms with E-state index >= 15 is 0 Å². The van der Waals surface area contributed by atoms with Crippen molar-refractivity contribution in [2.75, 3.05) is 5.32 Å². The minimum atomic E-state index is -0.180. The first-order valence-electron chi connectivity index (χ1n) is 7.92. The maximum atomic E-state index is 12.3. The Labute approximate surface area is 142 Å². The van der Waals surface area contributed by atoms with Crippen LogP contribution in [0.15, 0.2) is 15.6 Å². The van der Waals surface area contributed by atoms with E-state index < -0.39 is 0 Å². The van der Waals surface area contributed by atoms with Crippen LogP contribution in [0.25, 0.3) is 11.2 Å². The number of nitrogens with two attached hydrogens (primary N) is 1. The van der Waals surface area contributed by atoms with Gasteiger partial charge >= 0.3 is 0 Å². The van der Waals surface area contributed by atoms with Crippen LogP contribution in [0.5, 0.6) is 0 Å². The van der Waals surface area contributed by atoms with Gasteiger partial charge in [-0.25, -0.2) is 9.97 Å². The molecule has 2 aromatic rings. The molecule has 2 aromatic heterocycles. The van der Waals surface area contributed by atoms with E-state index in [9.17, 15) is 4.79 Å². The molecule has 0 bridgehead atoms. The Balaban J connectivity index is 1.96. The number of halogens is 1. The monoisotopic (exact) mass is 380 g/mol. The zero-order valence-corrected chi connectivity index (χ0v) is 14.9. The minimum absolute atomic E-state index is 0.0141. The van der Waals surface area contributed by atoms with Gasteiger partial charge in [0.25, 0.3) is 5.56 Å². The number of hydrogen-bond acceptors (Lipinski definition) is 6. The summed E-state index contributed by atoms with van der Waals surface area (Å²) in [5.74, 6) is 0.538. The number of rotatable bonds is 3. The van der Waals surface area contributed by atoms with Crippen LogP contribution >= 0.6 is 15.9 Å². The molecule has 0 spiro atoms. The molecule has 0 saturated heterocycles. The summed E-state index contributed by atoms with van der Waals surface area (Å²) in [6, 6.07) is 0.618. The maximum absolute atomic E-state index is 12.3. The Morgan fingerprint density at radius 1 is 1.30 bits per heavy atom. The van der Waals surface area contributed by atoms with E-state index in [0.29, 0.717) is 29.2 Å². The van der Waals surface area contributed by atoms with Crippen LogP contribution in [0.2, 0.25) is 0 Å². The van der Waals surface area contributed by atoms with Gasteiger partial charge in [-0.3, -0.25) is 9.36 Å². The lowest BCUT2D eigenvalue weighted by molar-refractivity contribution is 0.410. The van der Waals surface area contributed by atoms with E-state index in [0.717, 1.165) is 25.7 Å². The molecular weight excluding hydrogens is 360 g/mol. The number of nitrogens with one attached hydrogen (secondary N) is 1.